The molecule has 0 radical (unpaired) electrons. The normalized spacial score (nSPS) is 29.1. The van der Waals surface area contributed by atoms with Crippen LogP contribution in [0.2, 0.25) is 0 Å². The van der Waals surface area contributed by atoms with Crippen LogP contribution < -0.4 is 16.4 Å². The van der Waals surface area contributed by atoms with Gasteiger partial charge in [-0.3, -0.25) is 14.9 Å². The highest BCUT2D eigenvalue weighted by molar-refractivity contribution is 6.07. The van der Waals surface area contributed by atoms with Crippen molar-refractivity contribution in [2.75, 3.05) is 13.1 Å². The standard InChI is InChI=1S/C13H22N4O3/c1-3-8(2)9(14)10(18)17-6-4-5-13(7-17)11(19)15-12(20)16-13/h8-9H,3-7,14H2,1-2H3,(H2,15,16,19,20). The van der Waals surface area contributed by atoms with Gasteiger partial charge in [0.15, 0.2) is 0 Å². The first-order valence-corrected chi connectivity index (χ1v) is 7.07. The maximum atomic E-state index is 12.4. The number of hydrogen-bond acceptors (Lipinski definition) is 4. The SMILES string of the molecule is CCC(C)C(N)C(=O)N1CCCC2(C1)NC(=O)NC2=O. The molecule has 4 N–H and O–H groups in total. The molecular weight excluding hydrogens is 260 g/mol. The van der Waals surface area contributed by atoms with E-state index in [1.165, 1.54) is 0 Å². The fourth-order valence-corrected chi connectivity index (χ4v) is 2.77. The Kier molecular flexibility index (Phi) is 3.99. The van der Waals surface area contributed by atoms with Gasteiger partial charge in [-0.25, -0.2) is 4.79 Å². The highest BCUT2D eigenvalue weighted by Crippen LogP contribution is 2.25. The zero-order valence-corrected chi connectivity index (χ0v) is 11.9. The summed E-state index contributed by atoms with van der Waals surface area (Å²) in [5, 5.41) is 4.89. The lowest BCUT2D eigenvalue weighted by molar-refractivity contribution is -0.138. The summed E-state index contributed by atoms with van der Waals surface area (Å²) in [4.78, 5) is 37.2. The number of amides is 4. The van der Waals surface area contributed by atoms with Crippen molar-refractivity contribution in [1.82, 2.24) is 15.5 Å². The number of carbonyl (C=O) groups is 3. The van der Waals surface area contributed by atoms with Crippen LogP contribution in [-0.2, 0) is 9.59 Å². The van der Waals surface area contributed by atoms with Crippen molar-refractivity contribution in [3.05, 3.63) is 0 Å². The zero-order valence-electron chi connectivity index (χ0n) is 11.9. The highest BCUT2D eigenvalue weighted by Gasteiger charge is 2.49. The average Bonchev–Trinajstić information content (AvgIpc) is 2.70. The van der Waals surface area contributed by atoms with Crippen molar-refractivity contribution in [2.45, 2.75) is 44.7 Å². The number of imide groups is 1. The number of piperidine rings is 1. The Balaban J connectivity index is 2.09. The fraction of sp³-hybridized carbons (Fsp3) is 0.769. The van der Waals surface area contributed by atoms with Crippen LogP contribution in [0.25, 0.3) is 0 Å². The number of nitrogens with zero attached hydrogens (tertiary/aromatic N) is 1. The number of carbonyl (C=O) groups excluding carboxylic acids is 3. The predicted octanol–water partition coefficient (Wildman–Crippen LogP) is -0.440. The van der Waals surface area contributed by atoms with Crippen LogP contribution in [0.3, 0.4) is 0 Å². The molecule has 0 aromatic carbocycles. The lowest BCUT2D eigenvalue weighted by atomic mass is 9.88. The number of rotatable bonds is 3. The molecule has 2 aliphatic rings. The average molecular weight is 282 g/mol. The minimum atomic E-state index is -0.972. The second-order valence-electron chi connectivity index (χ2n) is 5.77. The van der Waals surface area contributed by atoms with Crippen LogP contribution in [0.5, 0.6) is 0 Å². The third-order valence-corrected chi connectivity index (χ3v) is 4.36. The quantitative estimate of drug-likeness (QED) is 0.610. The van der Waals surface area contributed by atoms with Gasteiger partial charge < -0.3 is 16.0 Å². The van der Waals surface area contributed by atoms with Crippen LogP contribution in [0.15, 0.2) is 0 Å². The summed E-state index contributed by atoms with van der Waals surface area (Å²) < 4.78 is 0. The lowest BCUT2D eigenvalue weighted by Gasteiger charge is -2.39. The molecule has 7 heteroatoms. The van der Waals surface area contributed by atoms with E-state index in [0.29, 0.717) is 19.4 Å². The molecule has 112 valence electrons. The predicted molar refractivity (Wildman–Crippen MR) is 72.6 cm³/mol. The molecule has 4 amide bonds. The maximum absolute atomic E-state index is 12.4. The Labute approximate surface area is 118 Å². The van der Waals surface area contributed by atoms with E-state index in [2.05, 4.69) is 10.6 Å². The Bertz CT molecular complexity index is 439. The van der Waals surface area contributed by atoms with Gasteiger partial charge in [0.25, 0.3) is 5.91 Å². The third-order valence-electron chi connectivity index (χ3n) is 4.36. The van der Waals surface area contributed by atoms with E-state index in [-0.39, 0.29) is 24.3 Å². The Morgan fingerprint density at radius 1 is 1.50 bits per heavy atom. The summed E-state index contributed by atoms with van der Waals surface area (Å²) in [6.45, 7) is 4.70. The zero-order chi connectivity index (χ0) is 14.9. The van der Waals surface area contributed by atoms with Gasteiger partial charge in [0.1, 0.15) is 5.54 Å². The molecule has 7 nitrogen and oxygen atoms in total. The van der Waals surface area contributed by atoms with Gasteiger partial charge in [0.2, 0.25) is 5.91 Å². The minimum Gasteiger partial charge on any atom is -0.338 e. The molecule has 2 saturated heterocycles. The van der Waals surface area contributed by atoms with E-state index in [4.69, 9.17) is 5.73 Å². The molecule has 3 atom stereocenters. The summed E-state index contributed by atoms with van der Waals surface area (Å²) in [7, 11) is 0. The minimum absolute atomic E-state index is 0.0902. The van der Waals surface area contributed by atoms with E-state index in [0.717, 1.165) is 6.42 Å². The molecule has 0 aromatic heterocycles. The van der Waals surface area contributed by atoms with Gasteiger partial charge in [-0.05, 0) is 18.8 Å². The van der Waals surface area contributed by atoms with Crippen molar-refractivity contribution >= 4 is 17.8 Å². The van der Waals surface area contributed by atoms with Crippen molar-refractivity contribution < 1.29 is 14.4 Å². The Hall–Kier alpha value is -1.63. The maximum Gasteiger partial charge on any atom is 0.322 e. The molecule has 3 unspecified atom stereocenters. The van der Waals surface area contributed by atoms with Crippen LogP contribution in [0.4, 0.5) is 4.79 Å². The molecular formula is C13H22N4O3. The van der Waals surface area contributed by atoms with E-state index >= 15 is 0 Å². The first-order valence-electron chi connectivity index (χ1n) is 7.07. The number of likely N-dealkylation sites (tertiary alicyclic amines) is 1. The van der Waals surface area contributed by atoms with Crippen molar-refractivity contribution in [2.24, 2.45) is 11.7 Å². The van der Waals surface area contributed by atoms with Crippen molar-refractivity contribution in [3.63, 3.8) is 0 Å². The van der Waals surface area contributed by atoms with E-state index < -0.39 is 17.6 Å². The molecule has 1 spiro atoms. The van der Waals surface area contributed by atoms with Gasteiger partial charge in [-0.15, -0.1) is 0 Å². The first-order chi connectivity index (χ1) is 9.39. The molecule has 0 aliphatic carbocycles. The summed E-state index contributed by atoms with van der Waals surface area (Å²) in [6, 6.07) is -1.05. The van der Waals surface area contributed by atoms with Crippen molar-refractivity contribution in [1.29, 1.82) is 0 Å². The number of urea groups is 1. The molecule has 0 bridgehead atoms. The molecule has 2 aliphatic heterocycles. The number of nitrogens with two attached hydrogens (primary N) is 1. The van der Waals surface area contributed by atoms with Gasteiger partial charge in [-0.2, -0.15) is 0 Å². The Morgan fingerprint density at radius 2 is 2.20 bits per heavy atom. The summed E-state index contributed by atoms with van der Waals surface area (Å²) in [5.41, 5.74) is 5.00. The van der Waals surface area contributed by atoms with Crippen LogP contribution in [0, 0.1) is 5.92 Å². The molecule has 0 saturated carbocycles. The van der Waals surface area contributed by atoms with Gasteiger partial charge in [-0.1, -0.05) is 20.3 Å². The second-order valence-corrected chi connectivity index (χ2v) is 5.77. The number of hydrogen-bond donors (Lipinski definition) is 3. The van der Waals surface area contributed by atoms with Crippen LogP contribution >= 0.6 is 0 Å². The fourth-order valence-electron chi connectivity index (χ4n) is 2.77. The molecule has 0 aromatic rings. The molecule has 2 rings (SSSR count). The third kappa shape index (κ3) is 2.49. The van der Waals surface area contributed by atoms with E-state index in [1.807, 2.05) is 13.8 Å². The smallest absolute Gasteiger partial charge is 0.322 e. The lowest BCUT2D eigenvalue weighted by Crippen LogP contribution is -2.61. The van der Waals surface area contributed by atoms with E-state index in [1.54, 1.807) is 4.90 Å². The largest absolute Gasteiger partial charge is 0.338 e. The highest BCUT2D eigenvalue weighted by atomic mass is 16.2. The molecule has 2 fully saturated rings. The monoisotopic (exact) mass is 282 g/mol. The summed E-state index contributed by atoms with van der Waals surface area (Å²) in [5.74, 6) is -0.406. The number of nitrogens with one attached hydrogen (secondary N) is 2. The van der Waals surface area contributed by atoms with Gasteiger partial charge in [0, 0.05) is 6.54 Å². The van der Waals surface area contributed by atoms with Gasteiger partial charge >= 0.3 is 6.03 Å². The summed E-state index contributed by atoms with van der Waals surface area (Å²) >= 11 is 0. The van der Waals surface area contributed by atoms with E-state index in [9.17, 15) is 14.4 Å². The van der Waals surface area contributed by atoms with Gasteiger partial charge in [0.05, 0.1) is 12.6 Å². The molecule has 20 heavy (non-hydrogen) atoms. The topological polar surface area (TPSA) is 105 Å². The summed E-state index contributed by atoms with van der Waals surface area (Å²) in [6.07, 6.45) is 2.04. The Morgan fingerprint density at radius 3 is 2.75 bits per heavy atom. The van der Waals surface area contributed by atoms with Crippen LogP contribution in [0.1, 0.15) is 33.1 Å². The van der Waals surface area contributed by atoms with Crippen LogP contribution in [-0.4, -0.2) is 47.4 Å². The van der Waals surface area contributed by atoms with Crippen molar-refractivity contribution in [3.8, 4) is 0 Å². The second kappa shape index (κ2) is 5.40. The molecule has 2 heterocycles. The first kappa shape index (κ1) is 14.8.